The molecule has 2 rings (SSSR count). The van der Waals surface area contributed by atoms with E-state index in [-0.39, 0.29) is 29.5 Å². The van der Waals surface area contributed by atoms with Crippen molar-refractivity contribution in [2.75, 3.05) is 0 Å². The summed E-state index contributed by atoms with van der Waals surface area (Å²) in [6.45, 7) is 0. The van der Waals surface area contributed by atoms with Gasteiger partial charge in [-0.1, -0.05) is 12.8 Å². The summed E-state index contributed by atoms with van der Waals surface area (Å²) in [5.41, 5.74) is 5.60. The number of rotatable bonds is 3. The Hall–Kier alpha value is -1.33. The Bertz CT molecular complexity index is 475. The van der Waals surface area contributed by atoms with Gasteiger partial charge in [-0.05, 0) is 30.9 Å². The minimum Gasteiger partial charge on any atom is -0.507 e. The summed E-state index contributed by atoms with van der Waals surface area (Å²) in [6, 6.07) is 1.46. The van der Waals surface area contributed by atoms with Gasteiger partial charge in [-0.25, -0.2) is 9.18 Å². The van der Waals surface area contributed by atoms with E-state index in [1.54, 1.807) is 0 Å². The molecule has 0 heterocycles. The Morgan fingerprint density at radius 3 is 2.47 bits per heavy atom. The van der Waals surface area contributed by atoms with Crippen molar-refractivity contribution in [1.29, 1.82) is 0 Å². The van der Waals surface area contributed by atoms with Gasteiger partial charge in [0, 0.05) is 11.6 Å². The largest absolute Gasteiger partial charge is 0.507 e. The lowest BCUT2D eigenvalue weighted by Crippen LogP contribution is -2.21. The average molecular weight is 290 g/mol. The van der Waals surface area contributed by atoms with E-state index in [1.165, 1.54) is 0 Å². The average Bonchev–Trinajstić information content (AvgIpc) is 2.81. The molecule has 1 aromatic rings. The van der Waals surface area contributed by atoms with E-state index in [4.69, 9.17) is 10.8 Å². The Balaban J connectivity index is 0.00000180. The van der Waals surface area contributed by atoms with E-state index in [2.05, 4.69) is 0 Å². The van der Waals surface area contributed by atoms with Crippen LogP contribution < -0.4 is 5.73 Å². The third-order valence-electron chi connectivity index (χ3n) is 3.64. The second kappa shape index (κ2) is 6.21. The fraction of sp³-hybridized carbons (Fsp3) is 0.462. The van der Waals surface area contributed by atoms with Crippen LogP contribution in [0, 0.1) is 11.7 Å². The van der Waals surface area contributed by atoms with Crippen LogP contribution in [0.4, 0.5) is 4.39 Å². The number of benzene rings is 1. The Labute approximate surface area is 116 Å². The van der Waals surface area contributed by atoms with Gasteiger partial charge in [-0.2, -0.15) is 0 Å². The quantitative estimate of drug-likeness (QED) is 0.799. The Kier molecular flexibility index (Phi) is 5.14. The van der Waals surface area contributed by atoms with Crippen LogP contribution in [-0.2, 0) is 0 Å². The van der Waals surface area contributed by atoms with Crippen LogP contribution in [0.15, 0.2) is 12.1 Å². The highest BCUT2D eigenvalue weighted by molar-refractivity contribution is 5.91. The molecule has 0 unspecified atom stereocenters. The first-order valence-corrected chi connectivity index (χ1v) is 6.02. The molecule has 0 aliphatic heterocycles. The van der Waals surface area contributed by atoms with Crippen LogP contribution in [-0.4, -0.2) is 16.2 Å². The first-order chi connectivity index (χ1) is 8.52. The van der Waals surface area contributed by atoms with Gasteiger partial charge in [0.25, 0.3) is 0 Å². The minimum atomic E-state index is -1.28. The van der Waals surface area contributed by atoms with Crippen LogP contribution in [0.1, 0.15) is 47.6 Å². The summed E-state index contributed by atoms with van der Waals surface area (Å²) in [7, 11) is 0. The topological polar surface area (TPSA) is 83.6 Å². The first kappa shape index (κ1) is 15.7. The van der Waals surface area contributed by atoms with Crippen molar-refractivity contribution in [1.82, 2.24) is 0 Å². The van der Waals surface area contributed by atoms with E-state index in [9.17, 15) is 14.3 Å². The maximum atomic E-state index is 13.8. The molecule has 1 fully saturated rings. The van der Waals surface area contributed by atoms with Gasteiger partial charge in [0.1, 0.15) is 17.1 Å². The molecule has 0 amide bonds. The number of hydrogen-bond donors (Lipinski definition) is 3. The predicted octanol–water partition coefficient (Wildman–Crippen LogP) is 2.84. The van der Waals surface area contributed by atoms with Gasteiger partial charge in [0.2, 0.25) is 0 Å². The molecule has 0 saturated heterocycles. The van der Waals surface area contributed by atoms with Crippen molar-refractivity contribution < 1.29 is 19.4 Å². The lowest BCUT2D eigenvalue weighted by atomic mass is 9.90. The first-order valence-electron chi connectivity index (χ1n) is 6.02. The zero-order valence-corrected chi connectivity index (χ0v) is 11.1. The molecule has 4 nitrogen and oxygen atoms in total. The summed E-state index contributed by atoms with van der Waals surface area (Å²) in [4.78, 5) is 10.9. The summed E-state index contributed by atoms with van der Waals surface area (Å²) >= 11 is 0. The van der Waals surface area contributed by atoms with Gasteiger partial charge in [-0.3, -0.25) is 0 Å². The monoisotopic (exact) mass is 289 g/mol. The van der Waals surface area contributed by atoms with Crippen LogP contribution in [0.25, 0.3) is 0 Å². The molecule has 106 valence electrons. The fourth-order valence-corrected chi connectivity index (χ4v) is 2.63. The fourth-order valence-electron chi connectivity index (χ4n) is 2.63. The molecule has 6 heteroatoms. The lowest BCUT2D eigenvalue weighted by molar-refractivity contribution is 0.0693. The summed E-state index contributed by atoms with van der Waals surface area (Å²) < 4.78 is 13.8. The maximum absolute atomic E-state index is 13.8. The van der Waals surface area contributed by atoms with Gasteiger partial charge in [0.05, 0.1) is 0 Å². The van der Waals surface area contributed by atoms with Crippen LogP contribution in [0.3, 0.4) is 0 Å². The molecule has 1 aromatic carbocycles. The molecule has 1 atom stereocenters. The van der Waals surface area contributed by atoms with Gasteiger partial charge in [0.15, 0.2) is 0 Å². The van der Waals surface area contributed by atoms with E-state index in [1.807, 2.05) is 0 Å². The predicted molar refractivity (Wildman–Crippen MR) is 71.2 cm³/mol. The number of aromatic carboxylic acids is 1. The molecule has 1 aliphatic carbocycles. The lowest BCUT2D eigenvalue weighted by Gasteiger charge is -2.21. The van der Waals surface area contributed by atoms with Crippen molar-refractivity contribution in [3.8, 4) is 5.75 Å². The smallest absolute Gasteiger partial charge is 0.339 e. The van der Waals surface area contributed by atoms with Crippen molar-refractivity contribution in [3.63, 3.8) is 0 Å². The zero-order chi connectivity index (χ0) is 13.3. The Morgan fingerprint density at radius 1 is 1.37 bits per heavy atom. The van der Waals surface area contributed by atoms with Gasteiger partial charge >= 0.3 is 5.97 Å². The van der Waals surface area contributed by atoms with E-state index >= 15 is 0 Å². The molecule has 0 radical (unpaired) electrons. The second-order valence-electron chi connectivity index (χ2n) is 4.73. The number of nitrogens with two attached hydrogens (primary N) is 1. The molecule has 0 spiro atoms. The highest BCUT2D eigenvalue weighted by Gasteiger charge is 2.29. The van der Waals surface area contributed by atoms with Crippen molar-refractivity contribution in [3.05, 3.63) is 29.1 Å². The van der Waals surface area contributed by atoms with Crippen LogP contribution in [0.2, 0.25) is 0 Å². The second-order valence-corrected chi connectivity index (χ2v) is 4.73. The standard InChI is InChI=1S/C13H16FNO3.ClH/c14-9-6-5-8(13(17)18)12(16)10(9)11(15)7-3-1-2-4-7;/h5-7,11,16H,1-4,15H2,(H,17,18);1H/t11-;/m0./s1. The number of aromatic hydroxyl groups is 1. The number of halogens is 2. The third kappa shape index (κ3) is 2.98. The summed E-state index contributed by atoms with van der Waals surface area (Å²) in [5, 5.41) is 18.8. The SMILES string of the molecule is Cl.N[C@H](c1c(F)ccc(C(=O)O)c1O)C1CCCC1. The van der Waals surface area contributed by atoms with Crippen LogP contribution in [0.5, 0.6) is 5.75 Å². The molecule has 0 bridgehead atoms. The number of carbonyl (C=O) groups is 1. The summed E-state index contributed by atoms with van der Waals surface area (Å²) in [5.74, 6) is -2.36. The Morgan fingerprint density at radius 2 is 1.95 bits per heavy atom. The molecule has 4 N–H and O–H groups in total. The van der Waals surface area contributed by atoms with Crippen LogP contribution >= 0.6 is 12.4 Å². The van der Waals surface area contributed by atoms with E-state index < -0.39 is 23.6 Å². The molecular weight excluding hydrogens is 273 g/mol. The number of hydrogen-bond acceptors (Lipinski definition) is 3. The number of phenols is 1. The minimum absolute atomic E-state index is 0. The third-order valence-corrected chi connectivity index (χ3v) is 3.64. The van der Waals surface area contributed by atoms with Crippen molar-refractivity contribution in [2.24, 2.45) is 11.7 Å². The number of carboxylic acids is 1. The molecular formula is C13H17ClFNO3. The van der Waals surface area contributed by atoms with Crippen molar-refractivity contribution >= 4 is 18.4 Å². The van der Waals surface area contributed by atoms with Crippen molar-refractivity contribution in [2.45, 2.75) is 31.7 Å². The zero-order valence-electron chi connectivity index (χ0n) is 10.3. The maximum Gasteiger partial charge on any atom is 0.339 e. The summed E-state index contributed by atoms with van der Waals surface area (Å²) in [6.07, 6.45) is 3.85. The van der Waals surface area contributed by atoms with Gasteiger partial charge < -0.3 is 15.9 Å². The van der Waals surface area contributed by atoms with E-state index in [0.29, 0.717) is 0 Å². The number of carboxylic acid groups (broad SMARTS) is 1. The molecule has 1 saturated carbocycles. The molecule has 0 aromatic heterocycles. The highest BCUT2D eigenvalue weighted by atomic mass is 35.5. The van der Waals surface area contributed by atoms with Gasteiger partial charge in [-0.15, -0.1) is 12.4 Å². The molecule has 1 aliphatic rings. The van der Waals surface area contributed by atoms with E-state index in [0.717, 1.165) is 37.8 Å². The molecule has 19 heavy (non-hydrogen) atoms. The highest BCUT2D eigenvalue weighted by Crippen LogP contribution is 2.39. The normalized spacial score (nSPS) is 16.9.